The molecule has 0 radical (unpaired) electrons. The van der Waals surface area contributed by atoms with Crippen LogP contribution in [0.25, 0.3) is 0 Å². The fraction of sp³-hybridized carbons (Fsp3) is 0.600. The van der Waals surface area contributed by atoms with Crippen LogP contribution in [0.4, 0.5) is 5.69 Å². The average molecular weight is 669 g/mol. The Kier molecular flexibility index (Phi) is 11.6. The van der Waals surface area contributed by atoms with E-state index in [-0.39, 0.29) is 25.1 Å². The van der Waals surface area contributed by atoms with E-state index in [0.717, 1.165) is 5.56 Å². The maximum absolute atomic E-state index is 11.2. The topological polar surface area (TPSA) is 252 Å². The SMILES string of the molecule is CC(Cc1ccc2c(c1)OCO2)NC[C@H](O[C@@H]1O[C@H](CO[C@@H]2O[C@H](CO)[C@@H](O)[C@H](O)[C@H]2O)[C@@H](O)[C@H](O)[C@H]1O)c1ccc([N+](=O)[O-])cc1. The van der Waals surface area contributed by atoms with Crippen molar-refractivity contribution >= 4 is 5.69 Å². The lowest BCUT2D eigenvalue weighted by Crippen LogP contribution is -2.62. The Morgan fingerprint density at radius 3 is 2.19 bits per heavy atom. The van der Waals surface area contributed by atoms with Crippen LogP contribution in [0.15, 0.2) is 42.5 Å². The summed E-state index contributed by atoms with van der Waals surface area (Å²) in [6.45, 7) is 1.03. The van der Waals surface area contributed by atoms with Crippen LogP contribution in [0.5, 0.6) is 11.5 Å². The summed E-state index contributed by atoms with van der Waals surface area (Å²) >= 11 is 0. The quantitative estimate of drug-likeness (QED) is 0.0868. The molecule has 5 rings (SSSR count). The zero-order valence-corrected chi connectivity index (χ0v) is 25.3. The van der Waals surface area contributed by atoms with E-state index in [2.05, 4.69) is 5.32 Å². The maximum Gasteiger partial charge on any atom is 0.269 e. The number of aliphatic hydroxyl groups excluding tert-OH is 7. The molecular weight excluding hydrogens is 628 g/mol. The van der Waals surface area contributed by atoms with Gasteiger partial charge in [0.1, 0.15) is 48.8 Å². The van der Waals surface area contributed by atoms with E-state index in [9.17, 15) is 45.9 Å². The Morgan fingerprint density at radius 1 is 0.872 bits per heavy atom. The number of nitro benzene ring substituents is 1. The number of non-ortho nitro benzene ring substituents is 1. The standard InChI is InChI=1S/C30H40N2O15/c1-14(8-15-2-7-18-19(9-15)44-13-43-18)31-10-20(16-3-5-17(6-4-16)32(40)41)45-30-28(39)26(37)24(35)22(47-30)12-42-29-27(38)25(36)23(34)21(11-33)46-29/h2-7,9,14,20-31,33-39H,8,10-13H2,1H3/t14?,20-,21+,22+,23+,24+,25-,26-,27+,28+,29+,30+/m0/s1. The molecule has 0 saturated carbocycles. The first-order valence-corrected chi connectivity index (χ1v) is 15.1. The smallest absolute Gasteiger partial charge is 0.269 e. The molecule has 2 fully saturated rings. The molecule has 8 N–H and O–H groups in total. The van der Waals surface area contributed by atoms with Gasteiger partial charge in [-0.3, -0.25) is 10.1 Å². The summed E-state index contributed by atoms with van der Waals surface area (Å²) in [7, 11) is 0. The van der Waals surface area contributed by atoms with Gasteiger partial charge in [0.05, 0.1) is 24.2 Å². The van der Waals surface area contributed by atoms with Crippen molar-refractivity contribution in [3.05, 3.63) is 63.7 Å². The van der Waals surface area contributed by atoms with E-state index < -0.39 is 85.7 Å². The van der Waals surface area contributed by atoms with E-state index in [1.165, 1.54) is 24.3 Å². The third-order valence-corrected chi connectivity index (χ3v) is 8.35. The van der Waals surface area contributed by atoms with Crippen molar-refractivity contribution in [1.82, 2.24) is 5.32 Å². The van der Waals surface area contributed by atoms with Gasteiger partial charge in [-0.1, -0.05) is 6.07 Å². The molecule has 3 aliphatic heterocycles. The molecule has 2 aromatic carbocycles. The van der Waals surface area contributed by atoms with Crippen molar-refractivity contribution in [2.75, 3.05) is 26.6 Å². The lowest BCUT2D eigenvalue weighted by Gasteiger charge is -2.43. The third kappa shape index (κ3) is 8.16. The van der Waals surface area contributed by atoms with Gasteiger partial charge in [-0.2, -0.15) is 0 Å². The highest BCUT2D eigenvalue weighted by Gasteiger charge is 2.48. The Labute approximate surface area is 268 Å². The molecule has 260 valence electrons. The van der Waals surface area contributed by atoms with Gasteiger partial charge in [0.15, 0.2) is 24.1 Å². The summed E-state index contributed by atoms with van der Waals surface area (Å²) in [4.78, 5) is 10.7. The number of fused-ring (bicyclic) bond motifs is 1. The minimum atomic E-state index is -1.76. The Hall–Kier alpha value is -3.04. The van der Waals surface area contributed by atoms with Crippen molar-refractivity contribution in [2.45, 2.75) is 86.9 Å². The first kappa shape index (κ1) is 35.3. The molecule has 0 aromatic heterocycles. The van der Waals surface area contributed by atoms with Gasteiger partial charge < -0.3 is 69.5 Å². The molecule has 3 aliphatic rings. The minimum Gasteiger partial charge on any atom is -0.454 e. The molecule has 12 atom stereocenters. The number of benzene rings is 2. The second kappa shape index (κ2) is 15.5. The molecule has 1 unspecified atom stereocenters. The van der Waals surface area contributed by atoms with Crippen LogP contribution in [0.1, 0.15) is 24.2 Å². The molecule has 17 nitrogen and oxygen atoms in total. The predicted octanol–water partition coefficient (Wildman–Crippen LogP) is -1.77. The summed E-state index contributed by atoms with van der Waals surface area (Å²) in [5, 5.41) is 86.4. The number of rotatable bonds is 13. The van der Waals surface area contributed by atoms with Gasteiger partial charge in [0, 0.05) is 24.7 Å². The number of hydrogen-bond acceptors (Lipinski definition) is 16. The highest BCUT2D eigenvalue weighted by Crippen LogP contribution is 2.33. The molecule has 2 aromatic rings. The second-order valence-corrected chi connectivity index (χ2v) is 11.7. The number of nitrogens with one attached hydrogen (secondary N) is 1. The fourth-order valence-electron chi connectivity index (χ4n) is 5.58. The summed E-state index contributed by atoms with van der Waals surface area (Å²) in [6, 6.07) is 11.1. The Balaban J connectivity index is 1.26. The van der Waals surface area contributed by atoms with E-state index in [0.29, 0.717) is 23.5 Å². The van der Waals surface area contributed by atoms with Crippen LogP contribution in [0.2, 0.25) is 0 Å². The number of ether oxygens (including phenoxy) is 6. The molecule has 47 heavy (non-hydrogen) atoms. The number of nitro groups is 1. The highest BCUT2D eigenvalue weighted by molar-refractivity contribution is 5.44. The summed E-state index contributed by atoms with van der Waals surface area (Å²) in [6.07, 6.45) is -16.1. The van der Waals surface area contributed by atoms with Crippen LogP contribution in [0.3, 0.4) is 0 Å². The number of aliphatic hydroxyl groups is 7. The molecule has 0 aliphatic carbocycles. The van der Waals surface area contributed by atoms with Crippen molar-refractivity contribution in [3.8, 4) is 11.5 Å². The van der Waals surface area contributed by atoms with Gasteiger partial charge in [-0.05, 0) is 48.7 Å². The van der Waals surface area contributed by atoms with Gasteiger partial charge >= 0.3 is 0 Å². The Morgan fingerprint density at radius 2 is 1.51 bits per heavy atom. The molecule has 2 saturated heterocycles. The van der Waals surface area contributed by atoms with E-state index in [1.807, 2.05) is 25.1 Å². The first-order valence-electron chi connectivity index (χ1n) is 15.1. The fourth-order valence-corrected chi connectivity index (χ4v) is 5.58. The number of nitrogens with zero attached hydrogens (tertiary/aromatic N) is 1. The molecule has 0 bridgehead atoms. The van der Waals surface area contributed by atoms with E-state index in [4.69, 9.17) is 28.4 Å². The molecule has 0 amide bonds. The third-order valence-electron chi connectivity index (χ3n) is 8.35. The van der Waals surface area contributed by atoms with Crippen molar-refractivity contribution in [1.29, 1.82) is 0 Å². The molecule has 3 heterocycles. The largest absolute Gasteiger partial charge is 0.454 e. The van der Waals surface area contributed by atoms with Crippen LogP contribution in [-0.4, -0.2) is 135 Å². The van der Waals surface area contributed by atoms with E-state index >= 15 is 0 Å². The summed E-state index contributed by atoms with van der Waals surface area (Å²) < 4.78 is 33.6. The molecular formula is C30H40N2O15. The number of hydrogen-bond donors (Lipinski definition) is 8. The van der Waals surface area contributed by atoms with Crippen LogP contribution < -0.4 is 14.8 Å². The highest BCUT2D eigenvalue weighted by atomic mass is 16.7. The van der Waals surface area contributed by atoms with Gasteiger partial charge in [0.2, 0.25) is 6.79 Å². The zero-order chi connectivity index (χ0) is 33.8. The first-order chi connectivity index (χ1) is 22.5. The average Bonchev–Trinajstić information content (AvgIpc) is 3.54. The van der Waals surface area contributed by atoms with Gasteiger partial charge in [-0.15, -0.1) is 0 Å². The minimum absolute atomic E-state index is 0.108. The maximum atomic E-state index is 11.2. The lowest BCUT2D eigenvalue weighted by atomic mass is 9.98. The van der Waals surface area contributed by atoms with Crippen LogP contribution >= 0.6 is 0 Å². The normalized spacial score (nSPS) is 33.4. The van der Waals surface area contributed by atoms with Crippen LogP contribution in [0, 0.1) is 10.1 Å². The summed E-state index contributed by atoms with van der Waals surface area (Å²) in [5.41, 5.74) is 1.32. The van der Waals surface area contributed by atoms with Gasteiger partial charge in [-0.25, -0.2) is 0 Å². The monoisotopic (exact) mass is 668 g/mol. The van der Waals surface area contributed by atoms with E-state index in [1.54, 1.807) is 0 Å². The van der Waals surface area contributed by atoms with Crippen molar-refractivity contribution < 1.29 is 69.1 Å². The van der Waals surface area contributed by atoms with Crippen molar-refractivity contribution in [3.63, 3.8) is 0 Å². The lowest BCUT2D eigenvalue weighted by molar-refractivity contribution is -0.384. The second-order valence-electron chi connectivity index (χ2n) is 11.7. The van der Waals surface area contributed by atoms with Crippen LogP contribution in [-0.2, 0) is 25.4 Å². The zero-order valence-electron chi connectivity index (χ0n) is 25.3. The van der Waals surface area contributed by atoms with Gasteiger partial charge in [0.25, 0.3) is 5.69 Å². The molecule has 17 heteroatoms. The molecule has 0 spiro atoms. The Bertz CT molecular complexity index is 1330. The predicted molar refractivity (Wildman–Crippen MR) is 157 cm³/mol. The summed E-state index contributed by atoms with van der Waals surface area (Å²) in [5.74, 6) is 1.31. The van der Waals surface area contributed by atoms with Crippen molar-refractivity contribution in [2.24, 2.45) is 0 Å².